The topological polar surface area (TPSA) is 86.3 Å². The fourth-order valence-corrected chi connectivity index (χ4v) is 3.12. The standard InChI is InChI=1S/C17H25NO6S/c1-21-5-3-18-17(20)15-10-14(13-2-9-25-12-13)11-16(24-15)23-8-7-22-6-4-19/h2,9-10,12,14,16,19H,3-8,11H2,1H3,(H,18,20)/t14-,16+/m0/s1. The lowest BCUT2D eigenvalue weighted by Crippen LogP contribution is -2.34. The molecule has 140 valence electrons. The third kappa shape index (κ3) is 6.75. The van der Waals surface area contributed by atoms with E-state index in [4.69, 9.17) is 24.1 Å². The molecule has 1 aliphatic heterocycles. The van der Waals surface area contributed by atoms with Crippen molar-refractivity contribution in [2.45, 2.75) is 18.6 Å². The first kappa shape index (κ1) is 19.9. The van der Waals surface area contributed by atoms with Crippen molar-refractivity contribution in [3.63, 3.8) is 0 Å². The molecule has 1 aliphatic rings. The van der Waals surface area contributed by atoms with Crippen LogP contribution in [0.3, 0.4) is 0 Å². The normalized spacial score (nSPS) is 20.0. The zero-order valence-corrected chi connectivity index (χ0v) is 15.1. The van der Waals surface area contributed by atoms with E-state index >= 15 is 0 Å². The number of rotatable bonds is 11. The van der Waals surface area contributed by atoms with Gasteiger partial charge in [0.2, 0.25) is 6.29 Å². The van der Waals surface area contributed by atoms with Crippen molar-refractivity contribution < 1.29 is 28.8 Å². The largest absolute Gasteiger partial charge is 0.459 e. The Bertz CT molecular complexity index is 533. The third-order valence-electron chi connectivity index (χ3n) is 3.61. The van der Waals surface area contributed by atoms with E-state index in [1.165, 1.54) is 0 Å². The number of aliphatic hydroxyl groups excluding tert-OH is 1. The number of carbonyl (C=O) groups excluding carboxylic acids is 1. The SMILES string of the molecule is COCCNC(=O)C1=C[C@H](c2ccsc2)C[C@H](OCCOCCO)O1. The maximum Gasteiger partial charge on any atom is 0.286 e. The number of hydrogen-bond acceptors (Lipinski definition) is 7. The summed E-state index contributed by atoms with van der Waals surface area (Å²) in [6.07, 6.45) is 1.95. The van der Waals surface area contributed by atoms with Gasteiger partial charge in [0.1, 0.15) is 0 Å². The molecule has 25 heavy (non-hydrogen) atoms. The minimum atomic E-state index is -0.518. The van der Waals surface area contributed by atoms with Crippen LogP contribution in [0.15, 0.2) is 28.7 Å². The van der Waals surface area contributed by atoms with Crippen molar-refractivity contribution in [2.75, 3.05) is 46.7 Å². The number of aliphatic hydroxyl groups is 1. The van der Waals surface area contributed by atoms with Gasteiger partial charge in [-0.15, -0.1) is 0 Å². The lowest BCUT2D eigenvalue weighted by Gasteiger charge is -2.28. The van der Waals surface area contributed by atoms with Crippen LogP contribution in [0.2, 0.25) is 0 Å². The van der Waals surface area contributed by atoms with Gasteiger partial charge < -0.3 is 29.4 Å². The van der Waals surface area contributed by atoms with E-state index in [-0.39, 0.29) is 30.8 Å². The fourth-order valence-electron chi connectivity index (χ4n) is 2.40. The molecule has 8 heteroatoms. The Morgan fingerprint density at radius 1 is 1.40 bits per heavy atom. The summed E-state index contributed by atoms with van der Waals surface area (Å²) in [6.45, 7) is 1.81. The second kappa shape index (κ2) is 11.2. The Morgan fingerprint density at radius 2 is 2.28 bits per heavy atom. The predicted octanol–water partition coefficient (Wildman–Crippen LogP) is 1.25. The molecule has 0 radical (unpaired) electrons. The van der Waals surface area contributed by atoms with Crippen LogP contribution in [0, 0.1) is 0 Å². The molecule has 1 aromatic rings. The molecule has 7 nitrogen and oxygen atoms in total. The van der Waals surface area contributed by atoms with Gasteiger partial charge in [0.05, 0.1) is 33.0 Å². The highest BCUT2D eigenvalue weighted by Crippen LogP contribution is 2.32. The maximum absolute atomic E-state index is 12.3. The van der Waals surface area contributed by atoms with Gasteiger partial charge in [-0.1, -0.05) is 0 Å². The van der Waals surface area contributed by atoms with Gasteiger partial charge >= 0.3 is 0 Å². The highest BCUT2D eigenvalue weighted by molar-refractivity contribution is 7.08. The van der Waals surface area contributed by atoms with Gasteiger partial charge in [-0.2, -0.15) is 11.3 Å². The fraction of sp³-hybridized carbons (Fsp3) is 0.588. The van der Waals surface area contributed by atoms with Crippen LogP contribution in [-0.4, -0.2) is 64.0 Å². The Morgan fingerprint density at radius 3 is 3.00 bits per heavy atom. The number of methoxy groups -OCH3 is 1. The highest BCUT2D eigenvalue weighted by Gasteiger charge is 2.28. The summed E-state index contributed by atoms with van der Waals surface area (Å²) in [6, 6.07) is 2.04. The number of carbonyl (C=O) groups is 1. The Hall–Kier alpha value is -1.45. The summed E-state index contributed by atoms with van der Waals surface area (Å²) in [4.78, 5) is 12.3. The molecule has 2 rings (SSSR count). The van der Waals surface area contributed by atoms with Gasteiger partial charge in [-0.05, 0) is 28.5 Å². The van der Waals surface area contributed by atoms with Crippen LogP contribution >= 0.6 is 11.3 Å². The van der Waals surface area contributed by atoms with Gasteiger partial charge in [0, 0.05) is 26.0 Å². The Labute approximate surface area is 151 Å². The minimum Gasteiger partial charge on any atom is -0.459 e. The van der Waals surface area contributed by atoms with Crippen LogP contribution in [0.4, 0.5) is 0 Å². The average Bonchev–Trinajstić information content (AvgIpc) is 3.16. The molecular formula is C17H25NO6S. The quantitative estimate of drug-likeness (QED) is 0.570. The predicted molar refractivity (Wildman–Crippen MR) is 93.4 cm³/mol. The number of hydrogen-bond donors (Lipinski definition) is 2. The monoisotopic (exact) mass is 371 g/mol. The zero-order chi connectivity index (χ0) is 17.9. The molecule has 2 heterocycles. The van der Waals surface area contributed by atoms with Gasteiger partial charge in [0.25, 0.3) is 5.91 Å². The lowest BCUT2D eigenvalue weighted by molar-refractivity contribution is -0.151. The maximum atomic E-state index is 12.3. The summed E-state index contributed by atoms with van der Waals surface area (Å²) >= 11 is 1.62. The molecule has 2 N–H and O–H groups in total. The first-order valence-electron chi connectivity index (χ1n) is 8.22. The summed E-state index contributed by atoms with van der Waals surface area (Å²) in [5.74, 6) is 0.0495. The molecule has 0 spiro atoms. The lowest BCUT2D eigenvalue weighted by atomic mass is 9.95. The second-order valence-corrected chi connectivity index (χ2v) is 6.21. The molecule has 0 saturated heterocycles. The van der Waals surface area contributed by atoms with E-state index < -0.39 is 6.29 Å². The summed E-state index contributed by atoms with van der Waals surface area (Å²) in [7, 11) is 1.58. The number of thiophene rings is 1. The smallest absolute Gasteiger partial charge is 0.286 e. The molecule has 0 saturated carbocycles. The van der Waals surface area contributed by atoms with Crippen molar-refractivity contribution in [2.24, 2.45) is 0 Å². The van der Waals surface area contributed by atoms with E-state index in [9.17, 15) is 4.79 Å². The van der Waals surface area contributed by atoms with E-state index in [2.05, 4.69) is 10.7 Å². The molecule has 2 atom stereocenters. The molecule has 0 unspecified atom stereocenters. The number of nitrogens with one attached hydrogen (secondary N) is 1. The molecule has 0 aliphatic carbocycles. The van der Waals surface area contributed by atoms with Gasteiger partial charge in [-0.25, -0.2) is 0 Å². The first-order valence-corrected chi connectivity index (χ1v) is 9.16. The van der Waals surface area contributed by atoms with E-state index in [0.717, 1.165) is 5.56 Å². The third-order valence-corrected chi connectivity index (χ3v) is 4.31. The summed E-state index contributed by atoms with van der Waals surface area (Å²) in [5, 5.41) is 15.5. The van der Waals surface area contributed by atoms with Crippen LogP contribution in [0.1, 0.15) is 17.9 Å². The van der Waals surface area contributed by atoms with E-state index in [1.54, 1.807) is 18.4 Å². The first-order chi connectivity index (χ1) is 12.2. The van der Waals surface area contributed by atoms with Crippen molar-refractivity contribution in [1.29, 1.82) is 0 Å². The molecule has 1 amide bonds. The Kier molecular flexibility index (Phi) is 8.92. The molecule has 0 bridgehead atoms. The van der Waals surface area contributed by atoms with Crippen molar-refractivity contribution >= 4 is 17.2 Å². The zero-order valence-electron chi connectivity index (χ0n) is 14.3. The van der Waals surface area contributed by atoms with Gasteiger partial charge in [0.15, 0.2) is 5.76 Å². The molecular weight excluding hydrogens is 346 g/mol. The summed E-state index contributed by atoms with van der Waals surface area (Å²) in [5.41, 5.74) is 1.14. The van der Waals surface area contributed by atoms with Crippen molar-refractivity contribution in [1.82, 2.24) is 5.32 Å². The van der Waals surface area contributed by atoms with Crippen LogP contribution in [0.25, 0.3) is 0 Å². The Balaban J connectivity index is 1.94. The molecule has 0 aromatic carbocycles. The average molecular weight is 371 g/mol. The van der Waals surface area contributed by atoms with Crippen molar-refractivity contribution in [3.8, 4) is 0 Å². The van der Waals surface area contributed by atoms with E-state index in [0.29, 0.717) is 32.8 Å². The summed E-state index contributed by atoms with van der Waals surface area (Å²) < 4.78 is 21.5. The highest BCUT2D eigenvalue weighted by atomic mass is 32.1. The molecule has 1 aromatic heterocycles. The van der Waals surface area contributed by atoms with Crippen molar-refractivity contribution in [3.05, 3.63) is 34.2 Å². The van der Waals surface area contributed by atoms with Gasteiger partial charge in [-0.3, -0.25) is 4.79 Å². The van der Waals surface area contributed by atoms with Crippen LogP contribution < -0.4 is 5.32 Å². The molecule has 0 fully saturated rings. The number of allylic oxidation sites excluding steroid dienone is 1. The van der Waals surface area contributed by atoms with Crippen LogP contribution in [-0.2, 0) is 23.7 Å². The van der Waals surface area contributed by atoms with E-state index in [1.807, 2.05) is 17.5 Å². The number of amides is 1. The number of ether oxygens (including phenoxy) is 4. The van der Waals surface area contributed by atoms with Crippen LogP contribution in [0.5, 0.6) is 0 Å². The second-order valence-electron chi connectivity index (χ2n) is 5.43. The minimum absolute atomic E-state index is 0.0192.